The number of hydrogen-bond donors (Lipinski definition) is 1. The molecule has 6 heterocycles. The predicted molar refractivity (Wildman–Crippen MR) is 98.3 cm³/mol. The molecule has 6 rings (SSSR count). The van der Waals surface area contributed by atoms with E-state index in [2.05, 4.69) is 35.8 Å². The van der Waals surface area contributed by atoms with Crippen LogP contribution in [0.25, 0.3) is 28.2 Å². The van der Waals surface area contributed by atoms with Crippen LogP contribution in [0.3, 0.4) is 0 Å². The van der Waals surface area contributed by atoms with E-state index in [9.17, 15) is 0 Å². The molecule has 1 fully saturated rings. The number of rotatable bonds is 4. The second-order valence-corrected chi connectivity index (χ2v) is 6.77. The van der Waals surface area contributed by atoms with Crippen LogP contribution in [0, 0.1) is 0 Å². The van der Waals surface area contributed by atoms with Crippen LogP contribution in [0.2, 0.25) is 0 Å². The first kappa shape index (κ1) is 15.3. The standard InChI is InChI=1S/C17H15N11/c1-2-15-20-10-22-27(15)7-11(1)8-28-17-16(24-25-28)19-6-14(23-17)12-3-21-26(9-12)13-4-18-5-13/h1-3,6-7,9-10,13,18H,4-5,8H2. The van der Waals surface area contributed by atoms with Gasteiger partial charge in [-0.1, -0.05) is 11.3 Å². The molecule has 0 atom stereocenters. The zero-order chi connectivity index (χ0) is 18.5. The van der Waals surface area contributed by atoms with Crippen molar-refractivity contribution in [2.24, 2.45) is 0 Å². The quantitative estimate of drug-likeness (QED) is 0.479. The lowest BCUT2D eigenvalue weighted by molar-refractivity contribution is 0.318. The summed E-state index contributed by atoms with van der Waals surface area (Å²) in [5, 5.41) is 20.2. The van der Waals surface area contributed by atoms with Crippen molar-refractivity contribution in [1.29, 1.82) is 0 Å². The second-order valence-electron chi connectivity index (χ2n) is 6.77. The lowest BCUT2D eigenvalue weighted by Crippen LogP contribution is -2.43. The number of pyridine rings is 1. The molecular formula is C17H15N11. The third kappa shape index (κ3) is 2.44. The first-order valence-electron chi connectivity index (χ1n) is 8.93. The van der Waals surface area contributed by atoms with Crippen molar-refractivity contribution in [1.82, 2.24) is 54.7 Å². The van der Waals surface area contributed by atoms with Crippen LogP contribution < -0.4 is 5.32 Å². The van der Waals surface area contributed by atoms with Crippen molar-refractivity contribution in [2.75, 3.05) is 13.1 Å². The Balaban J connectivity index is 1.35. The number of nitrogens with zero attached hydrogens (tertiary/aromatic N) is 10. The van der Waals surface area contributed by atoms with Gasteiger partial charge in [-0.15, -0.1) is 5.10 Å². The molecule has 0 aliphatic carbocycles. The van der Waals surface area contributed by atoms with Gasteiger partial charge in [-0.25, -0.2) is 24.1 Å². The van der Waals surface area contributed by atoms with Gasteiger partial charge < -0.3 is 5.32 Å². The Hall–Kier alpha value is -3.73. The van der Waals surface area contributed by atoms with Gasteiger partial charge in [0.15, 0.2) is 11.3 Å². The van der Waals surface area contributed by atoms with Gasteiger partial charge in [0, 0.05) is 31.0 Å². The van der Waals surface area contributed by atoms with Crippen LogP contribution in [0.15, 0.2) is 43.2 Å². The number of aromatic nitrogens is 10. The van der Waals surface area contributed by atoms with Gasteiger partial charge in [0.2, 0.25) is 5.65 Å². The summed E-state index contributed by atoms with van der Waals surface area (Å²) in [6, 6.07) is 4.32. The molecule has 0 radical (unpaired) electrons. The van der Waals surface area contributed by atoms with E-state index < -0.39 is 0 Å². The summed E-state index contributed by atoms with van der Waals surface area (Å²) in [5.74, 6) is 0. The molecule has 11 nitrogen and oxygen atoms in total. The molecule has 0 saturated carbocycles. The minimum Gasteiger partial charge on any atom is -0.312 e. The van der Waals surface area contributed by atoms with Gasteiger partial charge in [-0.3, -0.25) is 4.68 Å². The monoisotopic (exact) mass is 373 g/mol. The van der Waals surface area contributed by atoms with Gasteiger partial charge in [-0.2, -0.15) is 10.2 Å². The minimum atomic E-state index is 0.407. The zero-order valence-corrected chi connectivity index (χ0v) is 14.7. The molecule has 1 aliphatic heterocycles. The molecule has 11 heteroatoms. The fourth-order valence-electron chi connectivity index (χ4n) is 3.26. The van der Waals surface area contributed by atoms with Crippen LogP contribution >= 0.6 is 0 Å². The zero-order valence-electron chi connectivity index (χ0n) is 14.7. The summed E-state index contributed by atoms with van der Waals surface area (Å²) < 4.78 is 5.44. The molecule has 0 bridgehead atoms. The molecule has 1 N–H and O–H groups in total. The molecule has 5 aromatic rings. The van der Waals surface area contributed by atoms with Crippen LogP contribution in [0.1, 0.15) is 11.6 Å². The van der Waals surface area contributed by atoms with Crippen molar-refractivity contribution in [3.63, 3.8) is 0 Å². The Morgan fingerprint density at radius 1 is 1.07 bits per heavy atom. The molecular weight excluding hydrogens is 358 g/mol. The Kier molecular flexibility index (Phi) is 3.23. The van der Waals surface area contributed by atoms with Gasteiger partial charge in [-0.05, 0) is 11.6 Å². The third-order valence-electron chi connectivity index (χ3n) is 4.93. The maximum absolute atomic E-state index is 4.74. The highest BCUT2D eigenvalue weighted by Gasteiger charge is 2.20. The third-order valence-corrected chi connectivity index (χ3v) is 4.93. The Morgan fingerprint density at radius 3 is 2.93 bits per heavy atom. The lowest BCUT2D eigenvalue weighted by Gasteiger charge is -2.27. The Bertz CT molecular complexity index is 1290. The minimum absolute atomic E-state index is 0.407. The normalized spacial score (nSPS) is 14.7. The van der Waals surface area contributed by atoms with Crippen molar-refractivity contribution in [3.05, 3.63) is 48.8 Å². The number of fused-ring (bicyclic) bond motifs is 2. The molecule has 0 unspecified atom stereocenters. The maximum atomic E-state index is 4.74. The highest BCUT2D eigenvalue weighted by atomic mass is 15.5. The Morgan fingerprint density at radius 2 is 2.04 bits per heavy atom. The van der Waals surface area contributed by atoms with E-state index in [1.807, 2.05) is 35.4 Å². The van der Waals surface area contributed by atoms with Crippen LogP contribution in [0.5, 0.6) is 0 Å². The van der Waals surface area contributed by atoms with Crippen molar-refractivity contribution >= 4 is 16.9 Å². The summed E-state index contributed by atoms with van der Waals surface area (Å²) >= 11 is 0. The average molecular weight is 373 g/mol. The van der Waals surface area contributed by atoms with Crippen LogP contribution in [0.4, 0.5) is 0 Å². The van der Waals surface area contributed by atoms with Crippen molar-refractivity contribution in [3.8, 4) is 11.3 Å². The number of nitrogens with one attached hydrogen (secondary N) is 1. The van der Waals surface area contributed by atoms with Crippen LogP contribution in [-0.2, 0) is 6.54 Å². The van der Waals surface area contributed by atoms with E-state index in [1.165, 1.54) is 6.33 Å². The van der Waals surface area contributed by atoms with E-state index in [0.29, 0.717) is 23.9 Å². The van der Waals surface area contributed by atoms with Crippen molar-refractivity contribution in [2.45, 2.75) is 12.6 Å². The summed E-state index contributed by atoms with van der Waals surface area (Å²) in [4.78, 5) is 13.3. The van der Waals surface area contributed by atoms with Gasteiger partial charge in [0.1, 0.15) is 6.33 Å². The van der Waals surface area contributed by atoms with Gasteiger partial charge >= 0.3 is 0 Å². The van der Waals surface area contributed by atoms with E-state index in [4.69, 9.17) is 4.98 Å². The molecule has 1 aliphatic rings. The molecule has 5 aromatic heterocycles. The van der Waals surface area contributed by atoms with E-state index >= 15 is 0 Å². The summed E-state index contributed by atoms with van der Waals surface area (Å²) in [5.41, 5.74) is 4.64. The highest BCUT2D eigenvalue weighted by molar-refractivity contribution is 5.69. The molecule has 28 heavy (non-hydrogen) atoms. The first-order chi connectivity index (χ1) is 13.8. The second kappa shape index (κ2) is 5.89. The SMILES string of the molecule is c1nc2ccc(Cn3nnc4ncc(-c5cnn(C6CNC6)c5)nc43)cn2n1. The molecule has 138 valence electrons. The highest BCUT2D eigenvalue weighted by Crippen LogP contribution is 2.20. The molecule has 0 aromatic carbocycles. The average Bonchev–Trinajstić information content (AvgIpc) is 3.40. The summed E-state index contributed by atoms with van der Waals surface area (Å²) in [7, 11) is 0. The largest absolute Gasteiger partial charge is 0.312 e. The van der Waals surface area contributed by atoms with Crippen molar-refractivity contribution < 1.29 is 0 Å². The number of hydrogen-bond acceptors (Lipinski definition) is 8. The predicted octanol–water partition coefficient (Wildman–Crippen LogP) is 0.320. The van der Waals surface area contributed by atoms with Gasteiger partial charge in [0.05, 0.1) is 30.7 Å². The summed E-state index contributed by atoms with van der Waals surface area (Å²) in [6.45, 7) is 2.40. The maximum Gasteiger partial charge on any atom is 0.221 e. The topological polar surface area (TPSA) is 117 Å². The van der Waals surface area contributed by atoms with Crippen LogP contribution in [-0.4, -0.2) is 62.4 Å². The van der Waals surface area contributed by atoms with E-state index in [0.717, 1.165) is 35.6 Å². The summed E-state index contributed by atoms with van der Waals surface area (Å²) in [6.07, 6.45) is 8.99. The first-order valence-corrected chi connectivity index (χ1v) is 8.93. The van der Waals surface area contributed by atoms with E-state index in [1.54, 1.807) is 15.4 Å². The fourth-order valence-corrected chi connectivity index (χ4v) is 3.26. The Labute approximate surface area is 158 Å². The van der Waals surface area contributed by atoms with E-state index in [-0.39, 0.29) is 0 Å². The molecule has 0 amide bonds. The van der Waals surface area contributed by atoms with Gasteiger partial charge in [0.25, 0.3) is 0 Å². The fraction of sp³-hybridized carbons (Fsp3) is 0.235. The lowest BCUT2D eigenvalue weighted by atomic mass is 10.2. The smallest absolute Gasteiger partial charge is 0.221 e. The molecule has 1 saturated heterocycles. The molecule has 0 spiro atoms.